The zero-order chi connectivity index (χ0) is 13.0. The summed E-state index contributed by atoms with van der Waals surface area (Å²) in [5.41, 5.74) is 0.303. The summed E-state index contributed by atoms with van der Waals surface area (Å²) in [7, 11) is 0. The number of carbonyl (C=O) groups excluding carboxylic acids is 1. The summed E-state index contributed by atoms with van der Waals surface area (Å²) in [5.74, 6) is 1.92. The van der Waals surface area contributed by atoms with Gasteiger partial charge in [0.2, 0.25) is 5.91 Å². The lowest BCUT2D eigenvalue weighted by atomic mass is 9.81. The van der Waals surface area contributed by atoms with E-state index in [4.69, 9.17) is 0 Å². The maximum absolute atomic E-state index is 12.1. The molecule has 1 saturated heterocycles. The average molecular weight is 269 g/mol. The van der Waals surface area contributed by atoms with Crippen LogP contribution in [0, 0.1) is 11.3 Å². The molecule has 0 bridgehead atoms. The highest BCUT2D eigenvalue weighted by Gasteiger charge is 2.36. The normalized spacial score (nSPS) is 28.4. The smallest absolute Gasteiger partial charge is 0.222 e. The van der Waals surface area contributed by atoms with Gasteiger partial charge in [-0.1, -0.05) is 39.0 Å². The molecule has 2 rings (SSSR count). The zero-order valence-corrected chi connectivity index (χ0v) is 12.6. The van der Waals surface area contributed by atoms with Crippen LogP contribution < -0.4 is 0 Å². The van der Waals surface area contributed by atoms with Crippen LogP contribution in [-0.2, 0) is 4.79 Å². The Bertz CT molecular complexity index is 284. The van der Waals surface area contributed by atoms with E-state index in [0.717, 1.165) is 31.7 Å². The van der Waals surface area contributed by atoms with Crippen molar-refractivity contribution in [1.82, 2.24) is 4.90 Å². The van der Waals surface area contributed by atoms with Gasteiger partial charge in [-0.3, -0.25) is 4.79 Å². The fourth-order valence-corrected chi connectivity index (χ4v) is 3.95. The summed E-state index contributed by atoms with van der Waals surface area (Å²) < 4.78 is 0. The minimum atomic E-state index is 0.303. The van der Waals surface area contributed by atoms with Crippen LogP contribution in [-0.4, -0.2) is 29.6 Å². The molecule has 0 aromatic carbocycles. The second kappa shape index (κ2) is 6.31. The number of rotatable bonds is 4. The number of likely N-dealkylation sites (tertiary alicyclic amines) is 1. The molecule has 3 heteroatoms. The van der Waals surface area contributed by atoms with Crippen molar-refractivity contribution in [1.29, 1.82) is 0 Å². The van der Waals surface area contributed by atoms with Crippen molar-refractivity contribution in [2.75, 3.05) is 18.8 Å². The summed E-state index contributed by atoms with van der Waals surface area (Å²) in [4.78, 5) is 14.2. The third-order valence-electron chi connectivity index (χ3n) is 4.90. The van der Waals surface area contributed by atoms with Crippen molar-refractivity contribution >= 4 is 18.5 Å². The molecule has 1 heterocycles. The van der Waals surface area contributed by atoms with Gasteiger partial charge < -0.3 is 4.90 Å². The Hall–Kier alpha value is -0.180. The van der Waals surface area contributed by atoms with E-state index in [1.54, 1.807) is 0 Å². The van der Waals surface area contributed by atoms with Crippen LogP contribution in [0.5, 0.6) is 0 Å². The molecule has 1 amide bonds. The molecule has 1 saturated carbocycles. The molecule has 18 heavy (non-hydrogen) atoms. The van der Waals surface area contributed by atoms with Crippen molar-refractivity contribution in [3.8, 4) is 0 Å². The van der Waals surface area contributed by atoms with Gasteiger partial charge in [-0.05, 0) is 29.9 Å². The van der Waals surface area contributed by atoms with E-state index in [1.807, 2.05) is 0 Å². The molecule has 2 aliphatic rings. The predicted octanol–water partition coefficient (Wildman–Crippen LogP) is 3.52. The SMILES string of the molecule is CCC1CC(=O)N(CC2(CS)CCCCCC2)C1. The first kappa shape index (κ1) is 14.2. The number of hydrogen-bond acceptors (Lipinski definition) is 2. The van der Waals surface area contributed by atoms with E-state index in [0.29, 0.717) is 17.2 Å². The summed E-state index contributed by atoms with van der Waals surface area (Å²) >= 11 is 4.61. The summed E-state index contributed by atoms with van der Waals surface area (Å²) in [6, 6.07) is 0. The molecule has 0 spiro atoms. The summed E-state index contributed by atoms with van der Waals surface area (Å²) in [5, 5.41) is 0. The van der Waals surface area contributed by atoms with E-state index in [-0.39, 0.29) is 0 Å². The molecule has 1 aliphatic carbocycles. The first-order valence-corrected chi connectivity index (χ1v) is 8.21. The number of amides is 1. The van der Waals surface area contributed by atoms with Gasteiger partial charge in [0.25, 0.3) is 0 Å². The first-order chi connectivity index (χ1) is 8.69. The molecule has 0 radical (unpaired) electrons. The fourth-order valence-electron chi connectivity index (χ4n) is 3.53. The average Bonchev–Trinajstić information content (AvgIpc) is 2.60. The second-order valence-electron chi connectivity index (χ2n) is 6.32. The lowest BCUT2D eigenvalue weighted by molar-refractivity contribution is -0.129. The van der Waals surface area contributed by atoms with Crippen molar-refractivity contribution in [3.05, 3.63) is 0 Å². The van der Waals surface area contributed by atoms with Gasteiger partial charge in [0, 0.05) is 19.5 Å². The molecule has 0 aromatic heterocycles. The highest BCUT2D eigenvalue weighted by molar-refractivity contribution is 7.80. The molecule has 1 atom stereocenters. The van der Waals surface area contributed by atoms with Gasteiger partial charge in [-0.25, -0.2) is 0 Å². The molecule has 2 fully saturated rings. The highest BCUT2D eigenvalue weighted by Crippen LogP contribution is 2.38. The molecule has 0 aromatic rings. The number of nitrogens with zero attached hydrogens (tertiary/aromatic N) is 1. The Labute approximate surface area is 117 Å². The van der Waals surface area contributed by atoms with E-state index < -0.39 is 0 Å². The van der Waals surface area contributed by atoms with Crippen molar-refractivity contribution < 1.29 is 4.79 Å². The Morgan fingerprint density at radius 3 is 2.44 bits per heavy atom. The quantitative estimate of drug-likeness (QED) is 0.611. The van der Waals surface area contributed by atoms with E-state index in [2.05, 4.69) is 24.5 Å². The van der Waals surface area contributed by atoms with Gasteiger partial charge in [0.15, 0.2) is 0 Å². The standard InChI is InChI=1S/C15H27NOS/c1-2-13-9-14(17)16(10-13)11-15(12-18)7-5-3-4-6-8-15/h13,18H,2-12H2,1H3. The second-order valence-corrected chi connectivity index (χ2v) is 6.64. The van der Waals surface area contributed by atoms with Gasteiger partial charge in [-0.15, -0.1) is 0 Å². The third kappa shape index (κ3) is 3.23. The van der Waals surface area contributed by atoms with Gasteiger partial charge in [0.05, 0.1) is 0 Å². The van der Waals surface area contributed by atoms with Crippen LogP contribution >= 0.6 is 12.6 Å². The monoisotopic (exact) mass is 269 g/mol. The van der Waals surface area contributed by atoms with Crippen LogP contribution in [0.15, 0.2) is 0 Å². The molecule has 0 N–H and O–H groups in total. The molecule has 1 unspecified atom stereocenters. The number of hydrogen-bond donors (Lipinski definition) is 1. The van der Waals surface area contributed by atoms with E-state index in [9.17, 15) is 4.79 Å². The van der Waals surface area contributed by atoms with E-state index in [1.165, 1.54) is 38.5 Å². The minimum absolute atomic E-state index is 0.303. The molecule has 2 nitrogen and oxygen atoms in total. The predicted molar refractivity (Wildman–Crippen MR) is 79.0 cm³/mol. The molecule has 1 aliphatic heterocycles. The fraction of sp³-hybridized carbons (Fsp3) is 0.933. The van der Waals surface area contributed by atoms with E-state index >= 15 is 0 Å². The lowest BCUT2D eigenvalue weighted by Gasteiger charge is -2.35. The number of thiol groups is 1. The van der Waals surface area contributed by atoms with Crippen LogP contribution in [0.3, 0.4) is 0 Å². The maximum atomic E-state index is 12.1. The van der Waals surface area contributed by atoms with Crippen LogP contribution in [0.4, 0.5) is 0 Å². The first-order valence-electron chi connectivity index (χ1n) is 7.58. The highest BCUT2D eigenvalue weighted by atomic mass is 32.1. The van der Waals surface area contributed by atoms with Crippen LogP contribution in [0.25, 0.3) is 0 Å². The summed E-state index contributed by atoms with van der Waals surface area (Å²) in [6.07, 6.45) is 9.80. The Kier molecular flexibility index (Phi) is 4.99. The Morgan fingerprint density at radius 1 is 1.28 bits per heavy atom. The van der Waals surface area contributed by atoms with Gasteiger partial charge in [-0.2, -0.15) is 12.6 Å². The van der Waals surface area contributed by atoms with Crippen LogP contribution in [0.2, 0.25) is 0 Å². The summed E-state index contributed by atoms with van der Waals surface area (Å²) in [6.45, 7) is 4.15. The molecular weight excluding hydrogens is 242 g/mol. The minimum Gasteiger partial charge on any atom is -0.342 e. The Morgan fingerprint density at radius 2 is 1.94 bits per heavy atom. The lowest BCUT2D eigenvalue weighted by Crippen LogP contribution is -2.40. The number of carbonyl (C=O) groups is 1. The molecule has 104 valence electrons. The van der Waals surface area contributed by atoms with Gasteiger partial charge >= 0.3 is 0 Å². The largest absolute Gasteiger partial charge is 0.342 e. The third-order valence-corrected chi connectivity index (χ3v) is 5.57. The van der Waals surface area contributed by atoms with Crippen molar-refractivity contribution in [2.45, 2.75) is 58.3 Å². The van der Waals surface area contributed by atoms with Crippen LogP contribution in [0.1, 0.15) is 58.3 Å². The molecular formula is C15H27NOS. The zero-order valence-electron chi connectivity index (χ0n) is 11.7. The van der Waals surface area contributed by atoms with Crippen molar-refractivity contribution in [3.63, 3.8) is 0 Å². The van der Waals surface area contributed by atoms with Gasteiger partial charge in [0.1, 0.15) is 0 Å². The Balaban J connectivity index is 1.99. The maximum Gasteiger partial charge on any atom is 0.222 e. The van der Waals surface area contributed by atoms with Crippen molar-refractivity contribution in [2.24, 2.45) is 11.3 Å². The topological polar surface area (TPSA) is 20.3 Å².